The number of hydrogen-bond acceptors (Lipinski definition) is 5. The van der Waals surface area contributed by atoms with Gasteiger partial charge in [-0.15, -0.1) is 0 Å². The van der Waals surface area contributed by atoms with Gasteiger partial charge >= 0.3 is 0 Å². The lowest BCUT2D eigenvalue weighted by molar-refractivity contribution is -0.112. The number of amides is 1. The topological polar surface area (TPSA) is 84.9 Å². The van der Waals surface area contributed by atoms with E-state index in [0.29, 0.717) is 39.0 Å². The molecule has 0 atom stereocenters. The summed E-state index contributed by atoms with van der Waals surface area (Å²) in [5.41, 5.74) is 2.12. The van der Waals surface area contributed by atoms with Crippen molar-refractivity contribution in [2.45, 2.75) is 0 Å². The molecule has 9 heteroatoms. The van der Waals surface area contributed by atoms with Gasteiger partial charge in [-0.2, -0.15) is 0 Å². The van der Waals surface area contributed by atoms with Gasteiger partial charge < -0.3 is 14.8 Å². The first-order chi connectivity index (χ1) is 15.8. The van der Waals surface area contributed by atoms with E-state index in [4.69, 9.17) is 21.1 Å². The minimum atomic E-state index is -4.19. The highest BCUT2D eigenvalue weighted by molar-refractivity contribution is 7.97. The Hall–Kier alpha value is -3.49. The average Bonchev–Trinajstić information content (AvgIpc) is 2.81. The standard InChI is InChI=1S/C24H21ClN2O5S/c1-27-20-12-9-16(25)13-18(20)22(15-7-5-4-6-8-15)23(33(27,29)30)24(28)26-19-11-10-17(31-2)14-21(19)32-3/h4-14H,1-3H3,(H,26,28). The van der Waals surface area contributed by atoms with Gasteiger partial charge in [0.2, 0.25) is 0 Å². The van der Waals surface area contributed by atoms with Crippen molar-refractivity contribution in [3.8, 4) is 11.5 Å². The van der Waals surface area contributed by atoms with E-state index < -0.39 is 15.9 Å². The fraction of sp³-hybridized carbons (Fsp3) is 0.125. The Labute approximate surface area is 197 Å². The van der Waals surface area contributed by atoms with Gasteiger partial charge in [0.1, 0.15) is 11.5 Å². The number of benzene rings is 3. The Kier molecular flexibility index (Phi) is 6.05. The van der Waals surface area contributed by atoms with E-state index in [2.05, 4.69) is 5.32 Å². The molecule has 0 saturated heterocycles. The predicted molar refractivity (Wildman–Crippen MR) is 129 cm³/mol. The highest BCUT2D eigenvalue weighted by atomic mass is 35.5. The molecular formula is C24H21ClN2O5S. The first-order valence-electron chi connectivity index (χ1n) is 9.90. The highest BCUT2D eigenvalue weighted by Gasteiger charge is 2.40. The monoisotopic (exact) mass is 484 g/mol. The molecule has 1 aliphatic rings. The molecule has 1 N–H and O–H groups in total. The number of sulfonamides is 1. The van der Waals surface area contributed by atoms with E-state index in [1.54, 1.807) is 60.7 Å². The Morgan fingerprint density at radius 3 is 2.36 bits per heavy atom. The van der Waals surface area contributed by atoms with Crippen molar-refractivity contribution in [3.63, 3.8) is 0 Å². The summed E-state index contributed by atoms with van der Waals surface area (Å²) < 4.78 is 38.7. The zero-order valence-electron chi connectivity index (χ0n) is 18.1. The van der Waals surface area contributed by atoms with Crippen LogP contribution in [0.15, 0.2) is 71.6 Å². The summed E-state index contributed by atoms with van der Waals surface area (Å²) in [5.74, 6) is 0.0620. The zero-order valence-corrected chi connectivity index (χ0v) is 19.7. The van der Waals surface area contributed by atoms with Gasteiger partial charge in [0.05, 0.1) is 25.6 Å². The lowest BCUT2D eigenvalue weighted by atomic mass is 9.95. The van der Waals surface area contributed by atoms with Gasteiger partial charge in [-0.25, -0.2) is 8.42 Å². The summed E-state index contributed by atoms with van der Waals surface area (Å²) >= 11 is 6.25. The van der Waals surface area contributed by atoms with Gasteiger partial charge in [0, 0.05) is 29.3 Å². The van der Waals surface area contributed by atoms with E-state index in [-0.39, 0.29) is 10.5 Å². The van der Waals surface area contributed by atoms with Crippen LogP contribution >= 0.6 is 11.6 Å². The van der Waals surface area contributed by atoms with Crippen molar-refractivity contribution in [1.29, 1.82) is 0 Å². The largest absolute Gasteiger partial charge is 0.497 e. The van der Waals surface area contributed by atoms with Crippen molar-refractivity contribution >= 4 is 44.5 Å². The fourth-order valence-electron chi connectivity index (χ4n) is 3.70. The lowest BCUT2D eigenvalue weighted by Gasteiger charge is -2.31. The van der Waals surface area contributed by atoms with Crippen LogP contribution in [0.2, 0.25) is 5.02 Å². The van der Waals surface area contributed by atoms with Crippen molar-refractivity contribution in [2.75, 3.05) is 30.9 Å². The van der Waals surface area contributed by atoms with E-state index in [1.807, 2.05) is 6.07 Å². The average molecular weight is 485 g/mol. The molecule has 7 nitrogen and oxygen atoms in total. The predicted octanol–water partition coefficient (Wildman–Crippen LogP) is 4.53. The molecule has 0 aliphatic carbocycles. The summed E-state index contributed by atoms with van der Waals surface area (Å²) in [4.78, 5) is 13.1. The van der Waals surface area contributed by atoms with Crippen LogP contribution < -0.4 is 19.1 Å². The van der Waals surface area contributed by atoms with Gasteiger partial charge in [-0.05, 0) is 35.9 Å². The van der Waals surface area contributed by atoms with Crippen LogP contribution in [0.1, 0.15) is 11.1 Å². The van der Waals surface area contributed by atoms with Crippen LogP contribution in [0.25, 0.3) is 5.57 Å². The van der Waals surface area contributed by atoms with Crippen molar-refractivity contribution in [1.82, 2.24) is 0 Å². The van der Waals surface area contributed by atoms with E-state index in [0.717, 1.165) is 4.31 Å². The molecule has 0 bridgehead atoms. The minimum Gasteiger partial charge on any atom is -0.497 e. The van der Waals surface area contributed by atoms with Crippen LogP contribution in [0, 0.1) is 0 Å². The summed E-state index contributed by atoms with van der Waals surface area (Å²) in [7, 11) is 0.180. The van der Waals surface area contributed by atoms with Crippen molar-refractivity contribution < 1.29 is 22.7 Å². The summed E-state index contributed by atoms with van der Waals surface area (Å²) in [6.07, 6.45) is 0. The molecule has 3 aromatic rings. The molecule has 33 heavy (non-hydrogen) atoms. The number of hydrogen-bond donors (Lipinski definition) is 1. The molecule has 0 aromatic heterocycles. The maximum Gasteiger partial charge on any atom is 0.270 e. The number of carbonyl (C=O) groups excluding carboxylic acids is 1. The molecule has 4 rings (SSSR count). The number of nitrogens with one attached hydrogen (secondary N) is 1. The second-order valence-electron chi connectivity index (χ2n) is 7.22. The Bertz CT molecular complexity index is 1370. The second kappa shape index (κ2) is 8.80. The lowest BCUT2D eigenvalue weighted by Crippen LogP contribution is -2.37. The van der Waals surface area contributed by atoms with Crippen molar-refractivity contribution in [3.05, 3.63) is 87.8 Å². The molecule has 0 radical (unpaired) electrons. The Morgan fingerprint density at radius 1 is 0.970 bits per heavy atom. The third-order valence-corrected chi connectivity index (χ3v) is 7.40. The zero-order chi connectivity index (χ0) is 23.8. The smallest absolute Gasteiger partial charge is 0.270 e. The first-order valence-corrected chi connectivity index (χ1v) is 11.7. The number of carbonyl (C=O) groups is 1. The molecular weight excluding hydrogens is 464 g/mol. The van der Waals surface area contributed by atoms with Crippen LogP contribution in [-0.2, 0) is 14.8 Å². The second-order valence-corrected chi connectivity index (χ2v) is 9.57. The third kappa shape index (κ3) is 4.03. The molecule has 0 fully saturated rings. The first kappa shape index (κ1) is 22.7. The fourth-order valence-corrected chi connectivity index (χ4v) is 5.34. The van der Waals surface area contributed by atoms with E-state index in [9.17, 15) is 13.2 Å². The molecule has 1 amide bonds. The molecule has 0 spiro atoms. The summed E-state index contributed by atoms with van der Waals surface area (Å²) in [6, 6.07) is 18.6. The third-order valence-electron chi connectivity index (χ3n) is 5.34. The van der Waals surface area contributed by atoms with Gasteiger partial charge in [0.25, 0.3) is 15.9 Å². The van der Waals surface area contributed by atoms with Crippen molar-refractivity contribution in [2.24, 2.45) is 0 Å². The normalized spacial score (nSPS) is 14.5. The van der Waals surface area contributed by atoms with Crippen LogP contribution in [0.3, 0.4) is 0 Å². The van der Waals surface area contributed by atoms with Crippen LogP contribution in [-0.4, -0.2) is 35.6 Å². The summed E-state index contributed by atoms with van der Waals surface area (Å²) in [5, 5.41) is 3.11. The number of ether oxygens (including phenoxy) is 2. The maximum atomic E-state index is 13.6. The van der Waals surface area contributed by atoms with Gasteiger partial charge in [0.15, 0.2) is 4.91 Å². The SMILES string of the molecule is COc1ccc(NC(=O)C2=C(c3ccccc3)c3cc(Cl)ccc3N(C)S2(=O)=O)c(OC)c1. The number of nitrogens with zero attached hydrogens (tertiary/aromatic N) is 1. The number of anilines is 2. The molecule has 3 aromatic carbocycles. The molecule has 0 saturated carbocycles. The highest BCUT2D eigenvalue weighted by Crippen LogP contribution is 2.43. The summed E-state index contributed by atoms with van der Waals surface area (Å²) in [6.45, 7) is 0. The number of rotatable bonds is 5. The number of fused-ring (bicyclic) bond motifs is 1. The number of methoxy groups -OCH3 is 2. The maximum absolute atomic E-state index is 13.6. The van der Waals surface area contributed by atoms with Gasteiger partial charge in [-0.1, -0.05) is 41.9 Å². The quantitative estimate of drug-likeness (QED) is 0.575. The minimum absolute atomic E-state index is 0.274. The molecule has 1 heterocycles. The Morgan fingerprint density at radius 2 is 1.70 bits per heavy atom. The van der Waals surface area contributed by atoms with Gasteiger partial charge in [-0.3, -0.25) is 9.10 Å². The Balaban J connectivity index is 1.95. The molecule has 0 unspecified atom stereocenters. The number of halogens is 1. The molecule has 1 aliphatic heterocycles. The van der Waals surface area contributed by atoms with Crippen LogP contribution in [0.4, 0.5) is 11.4 Å². The molecule has 170 valence electrons. The van der Waals surface area contributed by atoms with E-state index in [1.165, 1.54) is 21.3 Å². The van der Waals surface area contributed by atoms with E-state index >= 15 is 0 Å². The van der Waals surface area contributed by atoms with Crippen LogP contribution in [0.5, 0.6) is 11.5 Å².